The van der Waals surface area contributed by atoms with Crippen molar-refractivity contribution in [3.05, 3.63) is 0 Å². The zero-order chi connectivity index (χ0) is 11.7. The van der Waals surface area contributed by atoms with Crippen LogP contribution in [0.2, 0.25) is 0 Å². The van der Waals surface area contributed by atoms with Gasteiger partial charge in [-0.1, -0.05) is 0 Å². The van der Waals surface area contributed by atoms with Crippen LogP contribution < -0.4 is 16.4 Å². The van der Waals surface area contributed by atoms with E-state index in [1.54, 1.807) is 0 Å². The molecule has 1 unspecified atom stereocenters. The lowest BCUT2D eigenvalue weighted by molar-refractivity contribution is 0.151. The summed E-state index contributed by atoms with van der Waals surface area (Å²) in [5.41, 5.74) is 5.53. The fourth-order valence-corrected chi connectivity index (χ4v) is 1.85. The molecule has 4 N–H and O–H groups in total. The molecule has 1 fully saturated rings. The minimum atomic E-state index is -0.202. The van der Waals surface area contributed by atoms with Gasteiger partial charge in [-0.2, -0.15) is 0 Å². The van der Waals surface area contributed by atoms with E-state index in [0.717, 1.165) is 19.3 Å². The number of amides is 2. The Labute approximate surface area is 92.0 Å². The van der Waals surface area contributed by atoms with Gasteiger partial charge in [-0.25, -0.2) is 4.79 Å². The Morgan fingerprint density at radius 2 is 1.93 bits per heavy atom. The highest BCUT2D eigenvalue weighted by molar-refractivity contribution is 5.75. The first kappa shape index (κ1) is 12.3. The number of nitrogens with one attached hydrogen (secondary N) is 2. The molecular formula is C11H23N3O. The first-order valence-electron chi connectivity index (χ1n) is 5.61. The van der Waals surface area contributed by atoms with Crippen molar-refractivity contribution in [2.45, 2.75) is 64.1 Å². The molecule has 1 aliphatic rings. The molecule has 2 amide bonds. The third-order valence-electron chi connectivity index (χ3n) is 2.97. The van der Waals surface area contributed by atoms with Gasteiger partial charge in [0.2, 0.25) is 0 Å². The number of urea groups is 1. The summed E-state index contributed by atoms with van der Waals surface area (Å²) in [6.45, 7) is 7.85. The van der Waals surface area contributed by atoms with E-state index in [9.17, 15) is 4.79 Å². The largest absolute Gasteiger partial charge is 0.334 e. The number of hydrogen-bond acceptors (Lipinski definition) is 2. The monoisotopic (exact) mass is 213 g/mol. The maximum Gasteiger partial charge on any atom is 0.315 e. The van der Waals surface area contributed by atoms with Crippen molar-refractivity contribution in [3.63, 3.8) is 0 Å². The fraction of sp³-hybridized carbons (Fsp3) is 0.909. The van der Waals surface area contributed by atoms with Crippen LogP contribution >= 0.6 is 0 Å². The second kappa shape index (κ2) is 4.00. The molecule has 0 heterocycles. The highest BCUT2D eigenvalue weighted by Gasteiger charge is 2.41. The second-order valence-electron chi connectivity index (χ2n) is 5.63. The summed E-state index contributed by atoms with van der Waals surface area (Å²) in [5, 5.41) is 5.90. The molecule has 0 aliphatic heterocycles. The minimum absolute atomic E-state index is 0.0111. The van der Waals surface area contributed by atoms with Crippen LogP contribution in [0.4, 0.5) is 4.79 Å². The Morgan fingerprint density at radius 3 is 2.20 bits per heavy atom. The average Bonchev–Trinajstić information content (AvgIpc) is 1.92. The van der Waals surface area contributed by atoms with E-state index < -0.39 is 0 Å². The topological polar surface area (TPSA) is 67.1 Å². The first-order valence-corrected chi connectivity index (χ1v) is 5.61. The predicted molar refractivity (Wildman–Crippen MR) is 61.7 cm³/mol. The third-order valence-corrected chi connectivity index (χ3v) is 2.97. The van der Waals surface area contributed by atoms with Crippen LogP contribution in [0.1, 0.15) is 47.0 Å². The van der Waals surface area contributed by atoms with Gasteiger partial charge in [0.25, 0.3) is 0 Å². The smallest absolute Gasteiger partial charge is 0.315 e. The van der Waals surface area contributed by atoms with Crippen LogP contribution in [-0.4, -0.2) is 23.2 Å². The summed E-state index contributed by atoms with van der Waals surface area (Å²) in [4.78, 5) is 11.7. The van der Waals surface area contributed by atoms with E-state index in [-0.39, 0.29) is 23.2 Å². The molecule has 15 heavy (non-hydrogen) atoms. The first-order chi connectivity index (χ1) is 6.75. The van der Waals surface area contributed by atoms with Crippen molar-refractivity contribution in [3.8, 4) is 0 Å². The molecule has 1 rings (SSSR count). The van der Waals surface area contributed by atoms with E-state index >= 15 is 0 Å². The second-order valence-corrected chi connectivity index (χ2v) is 5.63. The molecule has 0 aromatic rings. The van der Waals surface area contributed by atoms with Crippen molar-refractivity contribution in [2.24, 2.45) is 5.73 Å². The fourth-order valence-electron chi connectivity index (χ4n) is 1.85. The molecule has 1 aliphatic carbocycles. The number of carbonyl (C=O) groups excluding carboxylic acids is 1. The van der Waals surface area contributed by atoms with Crippen LogP contribution in [0.25, 0.3) is 0 Å². The highest BCUT2D eigenvalue weighted by atomic mass is 16.2. The standard InChI is InChI=1S/C11H23N3O/c1-8(12)11(6-5-7-11)14-9(15)13-10(2,3)4/h8H,5-7,12H2,1-4H3,(H2,13,14,15). The van der Waals surface area contributed by atoms with Gasteiger partial charge < -0.3 is 16.4 Å². The molecule has 0 bridgehead atoms. The lowest BCUT2D eigenvalue weighted by Crippen LogP contribution is -2.65. The average molecular weight is 213 g/mol. The van der Waals surface area contributed by atoms with Crippen LogP contribution in [0, 0.1) is 0 Å². The van der Waals surface area contributed by atoms with Gasteiger partial charge in [0.1, 0.15) is 0 Å². The summed E-state index contributed by atoms with van der Waals surface area (Å²) < 4.78 is 0. The van der Waals surface area contributed by atoms with Gasteiger partial charge in [-0.05, 0) is 47.0 Å². The normalized spacial score (nSPS) is 21.4. The summed E-state index contributed by atoms with van der Waals surface area (Å²) in [7, 11) is 0. The van der Waals surface area contributed by atoms with Crippen LogP contribution in [0.3, 0.4) is 0 Å². The molecule has 1 atom stereocenters. The molecule has 0 saturated heterocycles. The van der Waals surface area contributed by atoms with Crippen molar-refractivity contribution in [2.75, 3.05) is 0 Å². The quantitative estimate of drug-likeness (QED) is 0.648. The molecule has 0 aromatic carbocycles. The van der Waals surface area contributed by atoms with E-state index in [0.29, 0.717) is 0 Å². The molecule has 0 aromatic heterocycles. The Bertz CT molecular complexity index is 239. The van der Waals surface area contributed by atoms with Gasteiger partial charge in [0, 0.05) is 11.6 Å². The molecule has 0 spiro atoms. The lowest BCUT2D eigenvalue weighted by Gasteiger charge is -2.46. The number of carbonyl (C=O) groups is 1. The molecule has 4 heteroatoms. The molecule has 88 valence electrons. The molecular weight excluding hydrogens is 190 g/mol. The predicted octanol–water partition coefficient (Wildman–Crippen LogP) is 1.35. The number of hydrogen-bond donors (Lipinski definition) is 3. The van der Waals surface area contributed by atoms with E-state index in [2.05, 4.69) is 10.6 Å². The Kier molecular flexibility index (Phi) is 3.28. The molecule has 0 radical (unpaired) electrons. The SMILES string of the molecule is CC(N)C1(NC(=O)NC(C)(C)C)CCC1. The zero-order valence-electron chi connectivity index (χ0n) is 10.2. The van der Waals surface area contributed by atoms with Gasteiger partial charge in [-0.15, -0.1) is 0 Å². The van der Waals surface area contributed by atoms with Crippen LogP contribution in [0.5, 0.6) is 0 Å². The lowest BCUT2D eigenvalue weighted by atomic mass is 9.72. The third kappa shape index (κ3) is 3.09. The van der Waals surface area contributed by atoms with Crippen molar-refractivity contribution in [1.29, 1.82) is 0 Å². The maximum atomic E-state index is 11.7. The summed E-state index contributed by atoms with van der Waals surface area (Å²) >= 11 is 0. The summed E-state index contributed by atoms with van der Waals surface area (Å²) in [5.74, 6) is 0. The Balaban J connectivity index is 2.50. The maximum absolute atomic E-state index is 11.7. The van der Waals surface area contributed by atoms with Gasteiger partial charge >= 0.3 is 6.03 Å². The van der Waals surface area contributed by atoms with Crippen molar-refractivity contribution in [1.82, 2.24) is 10.6 Å². The summed E-state index contributed by atoms with van der Waals surface area (Å²) in [6, 6.07) is -0.100. The van der Waals surface area contributed by atoms with E-state index in [4.69, 9.17) is 5.73 Å². The van der Waals surface area contributed by atoms with Crippen molar-refractivity contribution < 1.29 is 4.79 Å². The van der Waals surface area contributed by atoms with Gasteiger partial charge in [0.15, 0.2) is 0 Å². The minimum Gasteiger partial charge on any atom is -0.334 e. The molecule has 4 nitrogen and oxygen atoms in total. The van der Waals surface area contributed by atoms with Gasteiger partial charge in [0.05, 0.1) is 5.54 Å². The van der Waals surface area contributed by atoms with Gasteiger partial charge in [-0.3, -0.25) is 0 Å². The Hall–Kier alpha value is -0.770. The Morgan fingerprint density at radius 1 is 1.40 bits per heavy atom. The van der Waals surface area contributed by atoms with Crippen molar-refractivity contribution >= 4 is 6.03 Å². The van der Waals surface area contributed by atoms with E-state index in [1.807, 2.05) is 27.7 Å². The van der Waals surface area contributed by atoms with Crippen LogP contribution in [0.15, 0.2) is 0 Å². The van der Waals surface area contributed by atoms with E-state index in [1.165, 1.54) is 0 Å². The molecule has 1 saturated carbocycles. The number of nitrogens with two attached hydrogens (primary N) is 1. The summed E-state index contributed by atoms with van der Waals surface area (Å²) in [6.07, 6.45) is 3.13. The highest BCUT2D eigenvalue weighted by Crippen LogP contribution is 2.33. The van der Waals surface area contributed by atoms with Crippen LogP contribution in [-0.2, 0) is 0 Å². The number of rotatable bonds is 2. The zero-order valence-corrected chi connectivity index (χ0v) is 10.2.